The smallest absolute Gasteiger partial charge is 0.252 e. The van der Waals surface area contributed by atoms with Gasteiger partial charge in [0.25, 0.3) is 6.71 Å². The number of hydrogen-bond acceptors (Lipinski definition) is 2. The lowest BCUT2D eigenvalue weighted by molar-refractivity contribution is 0.568. The van der Waals surface area contributed by atoms with Gasteiger partial charge in [-0.3, -0.25) is 0 Å². The fraction of sp³-hybridized carbons (Fsp3) is 0.357. The Kier molecular flexibility index (Phi) is 15.9. The van der Waals surface area contributed by atoms with Crippen molar-refractivity contribution >= 4 is 79.0 Å². The van der Waals surface area contributed by atoms with E-state index in [9.17, 15) is 16.4 Å². The summed E-state index contributed by atoms with van der Waals surface area (Å²) in [6, 6.07) is 51.0. The maximum absolute atomic E-state index is 10.1. The zero-order valence-corrected chi connectivity index (χ0v) is 74.9. The Hall–Kier alpha value is -9.90. The summed E-state index contributed by atoms with van der Waals surface area (Å²) in [5.74, 6) is 0. The van der Waals surface area contributed by atoms with E-state index in [1.165, 1.54) is 11.1 Å². The summed E-state index contributed by atoms with van der Waals surface area (Å²) in [5.41, 5.74) is 23.2. The molecule has 12 aromatic carbocycles. The van der Waals surface area contributed by atoms with Crippen LogP contribution in [0.5, 0.6) is 0 Å². The summed E-state index contributed by atoms with van der Waals surface area (Å²) in [5, 5.41) is -0.0797. The van der Waals surface area contributed by atoms with Crippen LogP contribution in [-0.2, 0) is 54.1 Å². The topological polar surface area (TPSA) is 11.4 Å². The predicted molar refractivity (Wildman–Crippen MR) is 509 cm³/mol. The van der Waals surface area contributed by atoms with Gasteiger partial charge >= 0.3 is 0 Å². The maximum Gasteiger partial charge on any atom is 0.252 e. The minimum absolute atomic E-state index is 0.0138. The molecule has 4 heteroatoms. The van der Waals surface area contributed by atoms with Crippen LogP contribution in [0.3, 0.4) is 0 Å². The molecule has 0 aliphatic carbocycles. The van der Waals surface area contributed by atoms with E-state index in [4.69, 9.17) is 1.37 Å². The number of para-hydroxylation sites is 2. The van der Waals surface area contributed by atoms with Crippen molar-refractivity contribution < 1.29 is 17.8 Å². The van der Waals surface area contributed by atoms with Crippen LogP contribution in [0.15, 0.2) is 230 Å². The maximum atomic E-state index is 10.1. The van der Waals surface area contributed by atoms with Crippen LogP contribution in [-0.4, -0.2) is 11.3 Å². The molecule has 15 rings (SSSR count). The van der Waals surface area contributed by atoms with Crippen LogP contribution in [0.1, 0.15) is 281 Å². The van der Waals surface area contributed by atoms with Crippen LogP contribution >= 0.6 is 0 Å². The van der Waals surface area contributed by atoms with Gasteiger partial charge in [0.15, 0.2) is 0 Å². The molecule has 0 spiro atoms. The van der Waals surface area contributed by atoms with E-state index in [0.29, 0.717) is 22.6 Å². The first kappa shape index (κ1) is 66.2. The molecule has 0 amide bonds. The molecule has 1 aromatic heterocycles. The summed E-state index contributed by atoms with van der Waals surface area (Å²) < 4.78 is 127. The monoisotopic (exact) mass is 1540 g/mol. The van der Waals surface area contributed by atoms with Crippen molar-refractivity contribution in [3.05, 3.63) is 286 Å². The Morgan fingerprint density at radius 3 is 1.03 bits per heavy atom. The molecule has 3 nitrogen and oxygen atoms in total. The van der Waals surface area contributed by atoms with Gasteiger partial charge in [-0.25, -0.2) is 0 Å². The second-order valence-electron chi connectivity index (χ2n) is 43.6. The summed E-state index contributed by atoms with van der Waals surface area (Å²) >= 11 is 0. The van der Waals surface area contributed by atoms with E-state index in [2.05, 4.69) is 357 Å². The molecule has 0 bridgehead atoms. The van der Waals surface area contributed by atoms with E-state index in [-0.39, 0.29) is 66.5 Å². The standard InChI is InChI=1S/C112H128BN3/c1-103(2,3)73-47-44-70(45-48-73)86-60-78(108(16,17)18)61-87(72-56-76(106(10,11)12)59-77(57-72)107(13,14)15)101(86)115-96-58-71(69-38-32-31-33-39-69)46-54-92(96)113-93-55-51-81(114-94-42-36-34-40-84(94)85-41-35-37-43-95(85)114)68-97(93)116(99-67-80(110(22,23)24)66-98(115)100(99)113)102-88(82-52-49-74(104(4,5)6)64-90(82)111(25,26)27)62-79(109(19,20)21)63-89(102)83-53-50-75(105(7,8)9)65-91(83)112(28,29)30/h31-68H,1-30H3/i31D,32D,33D,34D,35D,36D,37D,38D,39D,40D,41D,42D,43D. The summed E-state index contributed by atoms with van der Waals surface area (Å²) in [6.45, 7) is 67.5. The zero-order valence-electron chi connectivity index (χ0n) is 87.9. The summed E-state index contributed by atoms with van der Waals surface area (Å²) in [4.78, 5) is 4.97. The first-order chi connectivity index (χ1) is 59.2. The normalized spacial score (nSPS) is 15.5. The fourth-order valence-electron chi connectivity index (χ4n) is 17.3. The number of hydrogen-bond donors (Lipinski definition) is 0. The minimum Gasteiger partial charge on any atom is -0.310 e. The van der Waals surface area contributed by atoms with Crippen LogP contribution in [0.2, 0.25) is 0 Å². The van der Waals surface area contributed by atoms with Crippen LogP contribution in [0.25, 0.3) is 83.1 Å². The number of benzene rings is 12. The van der Waals surface area contributed by atoms with E-state index < -0.39 is 100 Å². The minimum atomic E-state index is -0.728. The molecule has 0 fully saturated rings. The van der Waals surface area contributed by atoms with Gasteiger partial charge in [0.05, 0.1) is 40.2 Å². The van der Waals surface area contributed by atoms with Crippen LogP contribution in [0.4, 0.5) is 34.1 Å². The molecule has 0 saturated heterocycles. The highest BCUT2D eigenvalue weighted by atomic mass is 15.2. The number of anilines is 6. The lowest BCUT2D eigenvalue weighted by Gasteiger charge is -2.47. The molecule has 13 aromatic rings. The zero-order chi connectivity index (χ0) is 95.1. The molecule has 0 saturated carbocycles. The van der Waals surface area contributed by atoms with Crippen molar-refractivity contribution in [3.8, 4) is 61.3 Å². The molecular formula is C112H128BN3. The third-order valence-electron chi connectivity index (χ3n) is 24.4. The number of aromatic nitrogens is 1. The SMILES string of the molecule is [2H]c1c([2H])c([2H])c(-c2ccc3c(c2)N(c2c(-c4ccc(C(C)(C)C)cc4)cc(C(C)(C)C)cc2-c2cc(C(C)(C)C)cc(C(C)(C)C)c2)c2cc(C(C)(C)C)cc4c2B3c2ccc(-n3c5c([2H])c([2H])c([2H])c([2H])c5c5c([2H])c([2H])c([2H])c([2H])c53)cc2N4c2c(-c3ccc(C(C)(C)C)cc3C(C)(C)C)cc(C(C)(C)C)cc2-c2ccc(C(C)(C)C)cc2C(C)(C)C)c([2H])c1[2H]. The molecule has 2 aliphatic heterocycles. The van der Waals surface area contributed by atoms with Gasteiger partial charge in [-0.05, 0) is 226 Å². The van der Waals surface area contributed by atoms with Gasteiger partial charge in [0.2, 0.25) is 0 Å². The third-order valence-corrected chi connectivity index (χ3v) is 24.4. The predicted octanol–water partition coefficient (Wildman–Crippen LogP) is 30.2. The van der Waals surface area contributed by atoms with Crippen LogP contribution < -0.4 is 26.2 Å². The van der Waals surface area contributed by atoms with Gasteiger partial charge in [0.1, 0.15) is 0 Å². The Morgan fingerprint density at radius 2 is 0.595 bits per heavy atom. The van der Waals surface area contributed by atoms with Crippen molar-refractivity contribution in [2.75, 3.05) is 9.80 Å². The van der Waals surface area contributed by atoms with E-state index in [1.807, 2.05) is 12.1 Å². The van der Waals surface area contributed by atoms with Crippen LogP contribution in [0, 0.1) is 0 Å². The molecule has 0 unspecified atom stereocenters. The molecule has 116 heavy (non-hydrogen) atoms. The first-order valence-corrected chi connectivity index (χ1v) is 41.8. The Balaban J connectivity index is 1.26. The fourth-order valence-corrected chi connectivity index (χ4v) is 17.3. The molecule has 2 aliphatic rings. The van der Waals surface area contributed by atoms with Crippen molar-refractivity contribution in [1.82, 2.24) is 4.57 Å². The summed E-state index contributed by atoms with van der Waals surface area (Å²) in [6.07, 6.45) is 0. The Labute approximate surface area is 716 Å². The number of fused-ring (bicyclic) bond motifs is 7. The van der Waals surface area contributed by atoms with Crippen molar-refractivity contribution in [2.45, 2.75) is 262 Å². The second-order valence-corrected chi connectivity index (χ2v) is 43.6. The lowest BCUT2D eigenvalue weighted by atomic mass is 9.33. The van der Waals surface area contributed by atoms with E-state index >= 15 is 0 Å². The quantitative estimate of drug-likeness (QED) is 0.141. The van der Waals surface area contributed by atoms with Gasteiger partial charge in [-0.15, -0.1) is 0 Å². The molecule has 0 radical (unpaired) electrons. The average Bonchev–Trinajstić information content (AvgIpc) is 1.58. The van der Waals surface area contributed by atoms with Crippen molar-refractivity contribution in [3.63, 3.8) is 0 Å². The van der Waals surface area contributed by atoms with Crippen molar-refractivity contribution in [1.29, 1.82) is 0 Å². The third kappa shape index (κ3) is 14.7. The summed E-state index contributed by atoms with van der Waals surface area (Å²) in [7, 11) is 0. The highest BCUT2D eigenvalue weighted by Crippen LogP contribution is 2.58. The van der Waals surface area contributed by atoms with Gasteiger partial charge in [0, 0.05) is 61.5 Å². The van der Waals surface area contributed by atoms with Gasteiger partial charge < -0.3 is 14.4 Å². The van der Waals surface area contributed by atoms with Gasteiger partial charge in [-0.1, -0.05) is 371 Å². The van der Waals surface area contributed by atoms with E-state index in [0.717, 1.165) is 128 Å². The molecule has 0 N–H and O–H groups in total. The highest BCUT2D eigenvalue weighted by Gasteiger charge is 2.48. The number of rotatable bonds is 8. The largest absolute Gasteiger partial charge is 0.310 e. The average molecular weight is 1540 g/mol. The Morgan fingerprint density at radius 1 is 0.241 bits per heavy atom. The second kappa shape index (κ2) is 27.9. The number of nitrogens with zero attached hydrogens (tertiary/aromatic N) is 3. The first-order valence-electron chi connectivity index (χ1n) is 48.3. The van der Waals surface area contributed by atoms with Gasteiger partial charge in [-0.2, -0.15) is 0 Å². The van der Waals surface area contributed by atoms with E-state index in [1.54, 1.807) is 4.57 Å². The highest BCUT2D eigenvalue weighted by molar-refractivity contribution is 7.00. The Bertz CT molecular complexity index is 6640. The molecule has 0 atom stereocenters. The lowest BCUT2D eigenvalue weighted by Crippen LogP contribution is -2.61. The molecule has 594 valence electrons. The van der Waals surface area contributed by atoms with Crippen molar-refractivity contribution in [2.24, 2.45) is 0 Å². The molecule has 3 heterocycles. The molecular weight excluding hydrogens is 1400 g/mol.